The van der Waals surface area contributed by atoms with Crippen LogP contribution in [-0.4, -0.2) is 35.5 Å². The second-order valence-electron chi connectivity index (χ2n) is 9.01. The summed E-state index contributed by atoms with van der Waals surface area (Å²) in [5.74, 6) is 0.0161. The molecule has 0 aromatic heterocycles. The van der Waals surface area contributed by atoms with Crippen molar-refractivity contribution in [1.82, 2.24) is 10.2 Å². The quantitative estimate of drug-likeness (QED) is 0.759. The zero-order valence-electron chi connectivity index (χ0n) is 15.9. The molecule has 2 N–H and O–H groups in total. The van der Waals surface area contributed by atoms with Crippen molar-refractivity contribution in [3.05, 3.63) is 28.7 Å². The SMILES string of the molecule is CC(NC(=O)Nc1ccc(Br)cc1)C(=O)N1CC2(C)CC1CC(C)(C)C2. The Labute approximate surface area is 164 Å². The summed E-state index contributed by atoms with van der Waals surface area (Å²) in [5.41, 5.74) is 1.15. The van der Waals surface area contributed by atoms with Gasteiger partial charge in [0.25, 0.3) is 0 Å². The fraction of sp³-hybridized carbons (Fsp3) is 0.600. The summed E-state index contributed by atoms with van der Waals surface area (Å²) < 4.78 is 0.948. The second-order valence-corrected chi connectivity index (χ2v) is 9.92. The fourth-order valence-electron chi connectivity index (χ4n) is 4.93. The zero-order chi connectivity index (χ0) is 19.1. The van der Waals surface area contributed by atoms with Crippen LogP contribution in [0.5, 0.6) is 0 Å². The van der Waals surface area contributed by atoms with Gasteiger partial charge in [0.15, 0.2) is 0 Å². The van der Waals surface area contributed by atoms with Crippen LogP contribution in [0.1, 0.15) is 47.0 Å². The first-order chi connectivity index (χ1) is 12.1. The minimum atomic E-state index is -0.545. The van der Waals surface area contributed by atoms with Crippen molar-refractivity contribution in [2.75, 3.05) is 11.9 Å². The lowest BCUT2D eigenvalue weighted by atomic mass is 9.65. The van der Waals surface area contributed by atoms with E-state index in [-0.39, 0.29) is 28.8 Å². The van der Waals surface area contributed by atoms with E-state index in [0.717, 1.165) is 30.3 Å². The van der Waals surface area contributed by atoms with E-state index in [1.165, 1.54) is 0 Å². The molecule has 1 aliphatic heterocycles. The van der Waals surface area contributed by atoms with Crippen molar-refractivity contribution in [2.45, 2.75) is 59.0 Å². The van der Waals surface area contributed by atoms with Crippen LogP contribution in [0.4, 0.5) is 10.5 Å². The molecule has 26 heavy (non-hydrogen) atoms. The van der Waals surface area contributed by atoms with E-state index in [4.69, 9.17) is 0 Å². The molecule has 1 saturated carbocycles. The summed E-state index contributed by atoms with van der Waals surface area (Å²) in [6, 6.07) is 6.72. The molecule has 0 spiro atoms. The lowest BCUT2D eigenvalue weighted by molar-refractivity contribution is -0.133. The van der Waals surface area contributed by atoms with Gasteiger partial charge < -0.3 is 15.5 Å². The van der Waals surface area contributed by atoms with E-state index >= 15 is 0 Å². The number of carbonyl (C=O) groups excluding carboxylic acids is 2. The maximum atomic E-state index is 13.0. The van der Waals surface area contributed by atoms with Gasteiger partial charge in [-0.15, -0.1) is 0 Å². The van der Waals surface area contributed by atoms with Gasteiger partial charge in [-0.05, 0) is 61.3 Å². The van der Waals surface area contributed by atoms with Gasteiger partial charge in [0, 0.05) is 22.7 Å². The number of carbonyl (C=O) groups is 2. The minimum absolute atomic E-state index is 0.0161. The smallest absolute Gasteiger partial charge is 0.319 e. The third-order valence-electron chi connectivity index (χ3n) is 5.52. The number of anilines is 1. The molecule has 2 bridgehead atoms. The van der Waals surface area contributed by atoms with E-state index in [2.05, 4.69) is 47.3 Å². The Morgan fingerprint density at radius 3 is 2.50 bits per heavy atom. The van der Waals surface area contributed by atoms with Gasteiger partial charge in [-0.3, -0.25) is 4.79 Å². The van der Waals surface area contributed by atoms with Crippen molar-refractivity contribution in [1.29, 1.82) is 0 Å². The number of halogens is 1. The molecule has 5 nitrogen and oxygen atoms in total. The Balaban J connectivity index is 1.59. The highest BCUT2D eigenvalue weighted by Crippen LogP contribution is 2.52. The Kier molecular flexibility index (Phi) is 5.08. The summed E-state index contributed by atoms with van der Waals surface area (Å²) in [6.45, 7) is 9.42. The van der Waals surface area contributed by atoms with Crippen molar-refractivity contribution in [2.24, 2.45) is 10.8 Å². The van der Waals surface area contributed by atoms with Crippen LogP contribution in [0.3, 0.4) is 0 Å². The Morgan fingerprint density at radius 1 is 1.19 bits per heavy atom. The predicted octanol–water partition coefficient (Wildman–Crippen LogP) is 4.39. The van der Waals surface area contributed by atoms with Crippen LogP contribution in [0.15, 0.2) is 28.7 Å². The molecule has 1 aromatic carbocycles. The zero-order valence-corrected chi connectivity index (χ0v) is 17.5. The van der Waals surface area contributed by atoms with Crippen LogP contribution in [0, 0.1) is 10.8 Å². The standard InChI is InChI=1S/C20H28BrN3O2/c1-13(22-18(26)23-15-7-5-14(21)6-8-15)17(25)24-12-20(4)10-16(24)9-19(2,3)11-20/h5-8,13,16H,9-12H2,1-4H3,(H2,22,23,26). The molecule has 1 aliphatic carbocycles. The average Bonchev–Trinajstić information content (AvgIpc) is 2.77. The molecule has 2 aliphatic rings. The highest BCUT2D eigenvalue weighted by Gasteiger charge is 2.51. The number of hydrogen-bond donors (Lipinski definition) is 2. The van der Waals surface area contributed by atoms with Crippen LogP contribution in [0.2, 0.25) is 0 Å². The van der Waals surface area contributed by atoms with E-state index in [9.17, 15) is 9.59 Å². The van der Waals surface area contributed by atoms with E-state index in [0.29, 0.717) is 5.69 Å². The summed E-state index contributed by atoms with van der Waals surface area (Å²) in [6.07, 6.45) is 3.25. The maximum Gasteiger partial charge on any atom is 0.319 e. The van der Waals surface area contributed by atoms with Crippen molar-refractivity contribution >= 4 is 33.6 Å². The van der Waals surface area contributed by atoms with E-state index in [1.807, 2.05) is 29.2 Å². The normalized spacial score (nSPS) is 27.7. The van der Waals surface area contributed by atoms with Crippen LogP contribution in [0.25, 0.3) is 0 Å². The number of rotatable bonds is 3. The molecule has 1 heterocycles. The third-order valence-corrected chi connectivity index (χ3v) is 6.05. The first-order valence-corrected chi connectivity index (χ1v) is 10.00. The van der Waals surface area contributed by atoms with Gasteiger partial charge in [-0.1, -0.05) is 36.7 Å². The van der Waals surface area contributed by atoms with Gasteiger partial charge in [-0.25, -0.2) is 4.79 Å². The van der Waals surface area contributed by atoms with E-state index in [1.54, 1.807) is 6.92 Å². The first kappa shape index (κ1) is 19.2. The fourth-order valence-corrected chi connectivity index (χ4v) is 5.19. The number of likely N-dealkylation sites (tertiary alicyclic amines) is 1. The number of fused-ring (bicyclic) bond motifs is 2. The average molecular weight is 422 g/mol. The molecule has 3 rings (SSSR count). The number of nitrogens with zero attached hydrogens (tertiary/aromatic N) is 1. The number of hydrogen-bond acceptors (Lipinski definition) is 2. The molecule has 2 fully saturated rings. The lowest BCUT2D eigenvalue weighted by Crippen LogP contribution is -2.49. The lowest BCUT2D eigenvalue weighted by Gasteiger charge is -2.39. The molecule has 3 amide bonds. The third kappa shape index (κ3) is 4.22. The molecule has 1 aromatic rings. The predicted molar refractivity (Wildman–Crippen MR) is 107 cm³/mol. The number of nitrogens with one attached hydrogen (secondary N) is 2. The van der Waals surface area contributed by atoms with Gasteiger partial charge in [0.1, 0.15) is 6.04 Å². The molecule has 142 valence electrons. The maximum absolute atomic E-state index is 13.0. The van der Waals surface area contributed by atoms with E-state index < -0.39 is 6.04 Å². The Morgan fingerprint density at radius 2 is 1.85 bits per heavy atom. The molecule has 3 atom stereocenters. The molecular formula is C20H28BrN3O2. The van der Waals surface area contributed by atoms with Gasteiger partial charge in [0.05, 0.1) is 0 Å². The molecule has 0 radical (unpaired) electrons. The summed E-state index contributed by atoms with van der Waals surface area (Å²) in [4.78, 5) is 27.2. The summed E-state index contributed by atoms with van der Waals surface area (Å²) in [5, 5.41) is 5.55. The van der Waals surface area contributed by atoms with Crippen LogP contribution < -0.4 is 10.6 Å². The first-order valence-electron chi connectivity index (χ1n) is 9.21. The van der Waals surface area contributed by atoms with Crippen molar-refractivity contribution in [3.63, 3.8) is 0 Å². The largest absolute Gasteiger partial charge is 0.337 e. The molecular weight excluding hydrogens is 394 g/mol. The molecule has 3 unspecified atom stereocenters. The summed E-state index contributed by atoms with van der Waals surface area (Å²) >= 11 is 3.36. The summed E-state index contributed by atoms with van der Waals surface area (Å²) in [7, 11) is 0. The highest BCUT2D eigenvalue weighted by molar-refractivity contribution is 9.10. The molecule has 6 heteroatoms. The number of benzene rings is 1. The second kappa shape index (κ2) is 6.87. The van der Waals surface area contributed by atoms with Gasteiger partial charge >= 0.3 is 6.03 Å². The Bertz CT molecular complexity index is 704. The Hall–Kier alpha value is -1.56. The monoisotopic (exact) mass is 421 g/mol. The number of amides is 3. The van der Waals surface area contributed by atoms with Crippen molar-refractivity contribution in [3.8, 4) is 0 Å². The molecule has 1 saturated heterocycles. The van der Waals surface area contributed by atoms with Crippen LogP contribution >= 0.6 is 15.9 Å². The van der Waals surface area contributed by atoms with Crippen LogP contribution in [-0.2, 0) is 4.79 Å². The topological polar surface area (TPSA) is 61.4 Å². The van der Waals surface area contributed by atoms with Gasteiger partial charge in [-0.2, -0.15) is 0 Å². The highest BCUT2D eigenvalue weighted by atomic mass is 79.9. The minimum Gasteiger partial charge on any atom is -0.337 e. The van der Waals surface area contributed by atoms with Gasteiger partial charge in [0.2, 0.25) is 5.91 Å². The van der Waals surface area contributed by atoms with Crippen molar-refractivity contribution < 1.29 is 9.59 Å². The number of urea groups is 1.